The Balaban J connectivity index is 0.00000484. The predicted octanol–water partition coefficient (Wildman–Crippen LogP) is 4.86. The van der Waals surface area contributed by atoms with E-state index in [4.69, 9.17) is 9.84 Å². The highest BCUT2D eigenvalue weighted by molar-refractivity contribution is 6.00. The number of aliphatic hydroxyl groups excluding tert-OH is 1. The van der Waals surface area contributed by atoms with Gasteiger partial charge in [-0.3, -0.25) is 14.5 Å². The predicted molar refractivity (Wildman–Crippen MR) is 163 cm³/mol. The molecule has 230 valence electrons. The van der Waals surface area contributed by atoms with Crippen molar-refractivity contribution >= 4 is 30.2 Å². The summed E-state index contributed by atoms with van der Waals surface area (Å²) in [5.74, 6) is -0.0912. The van der Waals surface area contributed by atoms with Gasteiger partial charge in [-0.05, 0) is 67.1 Å². The molecule has 9 nitrogen and oxygen atoms in total. The lowest BCUT2D eigenvalue weighted by atomic mass is 9.79. The van der Waals surface area contributed by atoms with Gasteiger partial charge in [0.05, 0.1) is 11.7 Å². The molecule has 0 aromatic heterocycles. The number of carbonyl (C=O) groups is 3. The van der Waals surface area contributed by atoms with Crippen molar-refractivity contribution in [3.63, 3.8) is 0 Å². The van der Waals surface area contributed by atoms with Crippen molar-refractivity contribution in [3.8, 4) is 11.5 Å². The summed E-state index contributed by atoms with van der Waals surface area (Å²) in [5.41, 5.74) is 0.439. The van der Waals surface area contributed by atoms with Crippen LogP contribution in [0.25, 0.3) is 0 Å². The molecule has 2 aliphatic heterocycles. The Labute approximate surface area is 254 Å². The number of nitrogens with one attached hydrogen (secondary N) is 1. The molecule has 3 N–H and O–H groups in total. The first-order chi connectivity index (χ1) is 19.7. The maximum atomic E-state index is 13.7. The molecule has 0 unspecified atom stereocenters. The van der Waals surface area contributed by atoms with Crippen molar-refractivity contribution in [3.05, 3.63) is 59.7 Å². The SMILES string of the molecule is CCCCN1C(=O)[C@@H]([C@H](O)C(CC)CC)NC(=O)C12CCN(Cc1ccc(Oc3ccc(C(=O)O)cc3)cc1)CC2.Cl. The van der Waals surface area contributed by atoms with Crippen molar-refractivity contribution in [2.24, 2.45) is 5.92 Å². The first kappa shape index (κ1) is 33.4. The van der Waals surface area contributed by atoms with E-state index in [1.165, 1.54) is 12.1 Å². The molecule has 0 radical (unpaired) electrons. The zero-order valence-electron chi connectivity index (χ0n) is 24.8. The van der Waals surface area contributed by atoms with Gasteiger partial charge < -0.3 is 25.2 Å². The number of nitrogens with zero attached hydrogens (tertiary/aromatic N) is 2. The molecular weight excluding hydrogens is 558 g/mol. The number of carboxylic acid groups (broad SMARTS) is 1. The first-order valence-corrected chi connectivity index (χ1v) is 14.8. The van der Waals surface area contributed by atoms with Gasteiger partial charge in [0, 0.05) is 26.2 Å². The molecule has 42 heavy (non-hydrogen) atoms. The van der Waals surface area contributed by atoms with Crippen molar-refractivity contribution in [1.82, 2.24) is 15.1 Å². The number of amides is 2. The molecule has 2 fully saturated rings. The van der Waals surface area contributed by atoms with Crippen molar-refractivity contribution in [1.29, 1.82) is 0 Å². The van der Waals surface area contributed by atoms with E-state index in [-0.39, 0.29) is 35.7 Å². The molecule has 2 aromatic carbocycles. The second kappa shape index (κ2) is 14.8. The number of piperidine rings is 1. The minimum Gasteiger partial charge on any atom is -0.478 e. The highest BCUT2D eigenvalue weighted by Gasteiger charge is 2.55. The summed E-state index contributed by atoms with van der Waals surface area (Å²) in [5, 5.41) is 23.0. The van der Waals surface area contributed by atoms with Gasteiger partial charge in [-0.15, -0.1) is 12.4 Å². The molecule has 0 aliphatic carbocycles. The number of carbonyl (C=O) groups excluding carboxylic acids is 2. The van der Waals surface area contributed by atoms with Crippen LogP contribution in [0.5, 0.6) is 11.5 Å². The van der Waals surface area contributed by atoms with E-state index in [2.05, 4.69) is 17.1 Å². The Kier molecular flexibility index (Phi) is 11.8. The quantitative estimate of drug-likeness (QED) is 0.318. The highest BCUT2D eigenvalue weighted by Crippen LogP contribution is 2.35. The topological polar surface area (TPSA) is 119 Å². The zero-order chi connectivity index (χ0) is 29.6. The van der Waals surface area contributed by atoms with Crippen LogP contribution in [0.1, 0.15) is 75.2 Å². The molecule has 1 spiro atoms. The number of carboxylic acids is 1. The van der Waals surface area contributed by atoms with Crippen LogP contribution in [-0.2, 0) is 16.1 Å². The largest absolute Gasteiger partial charge is 0.478 e. The molecule has 2 aromatic rings. The minimum absolute atomic E-state index is 0. The van der Waals surface area contributed by atoms with Crippen LogP contribution in [0.3, 0.4) is 0 Å². The number of unbranched alkanes of at least 4 members (excludes halogenated alkanes) is 1. The van der Waals surface area contributed by atoms with E-state index in [0.29, 0.717) is 50.5 Å². The summed E-state index contributed by atoms with van der Waals surface area (Å²) < 4.78 is 5.85. The van der Waals surface area contributed by atoms with Crippen molar-refractivity contribution in [2.45, 2.75) is 83.5 Å². The van der Waals surface area contributed by atoms with E-state index < -0.39 is 23.7 Å². The summed E-state index contributed by atoms with van der Waals surface area (Å²) in [6.45, 7) is 8.67. The lowest BCUT2D eigenvalue weighted by Crippen LogP contribution is -2.75. The number of halogens is 1. The van der Waals surface area contributed by atoms with Gasteiger partial charge in [-0.2, -0.15) is 0 Å². The number of piperazine rings is 1. The summed E-state index contributed by atoms with van der Waals surface area (Å²) in [6.07, 6.45) is 3.44. The van der Waals surface area contributed by atoms with Crippen LogP contribution < -0.4 is 10.1 Å². The van der Waals surface area contributed by atoms with Gasteiger partial charge in [-0.25, -0.2) is 4.79 Å². The van der Waals surface area contributed by atoms with Gasteiger partial charge in [0.1, 0.15) is 23.1 Å². The fourth-order valence-electron chi connectivity index (χ4n) is 6.06. The molecule has 0 saturated carbocycles. The number of ether oxygens (including phenoxy) is 1. The van der Waals surface area contributed by atoms with Gasteiger partial charge in [0.15, 0.2) is 0 Å². The fraction of sp³-hybridized carbons (Fsp3) is 0.531. The van der Waals surface area contributed by atoms with Gasteiger partial charge in [0.2, 0.25) is 11.8 Å². The molecule has 2 saturated heterocycles. The maximum Gasteiger partial charge on any atom is 0.335 e. The summed E-state index contributed by atoms with van der Waals surface area (Å²) in [6, 6.07) is 13.2. The molecular formula is C32H44ClN3O6. The van der Waals surface area contributed by atoms with Crippen LogP contribution in [-0.4, -0.2) is 75.1 Å². The third kappa shape index (κ3) is 7.25. The zero-order valence-corrected chi connectivity index (χ0v) is 25.6. The fourth-order valence-corrected chi connectivity index (χ4v) is 6.06. The normalized spacial score (nSPS) is 19.4. The minimum atomic E-state index is -0.978. The second-order valence-electron chi connectivity index (χ2n) is 11.2. The standard InChI is InChI=1S/C32H43N3O6.ClH/c1-4-7-18-35-29(37)27(28(36)23(5-2)6-3)33-31(40)32(35)16-19-34(20-17-32)21-22-8-12-25(13-9-22)41-26-14-10-24(11-15-26)30(38)39;/h8-15,23,27-28,36H,4-7,16-21H2,1-3H3,(H,33,40)(H,38,39);1H/t27-,28-;/m1./s1. The Hall–Kier alpha value is -3.14. The molecule has 0 bridgehead atoms. The van der Waals surface area contributed by atoms with Crippen LogP contribution in [0.4, 0.5) is 0 Å². The van der Waals surface area contributed by atoms with E-state index in [1.807, 2.05) is 38.1 Å². The van der Waals surface area contributed by atoms with E-state index >= 15 is 0 Å². The van der Waals surface area contributed by atoms with Crippen LogP contribution in [0, 0.1) is 5.92 Å². The summed E-state index contributed by atoms with van der Waals surface area (Å²) in [7, 11) is 0. The smallest absolute Gasteiger partial charge is 0.335 e. The number of rotatable bonds is 12. The third-order valence-electron chi connectivity index (χ3n) is 8.72. The number of hydrogen-bond donors (Lipinski definition) is 3. The Morgan fingerprint density at radius 1 is 1.00 bits per heavy atom. The van der Waals surface area contributed by atoms with Crippen molar-refractivity contribution < 1.29 is 29.3 Å². The number of hydrogen-bond acceptors (Lipinski definition) is 6. The first-order valence-electron chi connectivity index (χ1n) is 14.8. The van der Waals surface area contributed by atoms with Gasteiger partial charge in [-0.1, -0.05) is 52.2 Å². The lowest BCUT2D eigenvalue weighted by Gasteiger charge is -2.52. The molecule has 2 heterocycles. The van der Waals surface area contributed by atoms with Crippen molar-refractivity contribution in [2.75, 3.05) is 19.6 Å². The third-order valence-corrected chi connectivity index (χ3v) is 8.72. The van der Waals surface area contributed by atoms with Crippen LogP contribution in [0.2, 0.25) is 0 Å². The Morgan fingerprint density at radius 3 is 2.10 bits per heavy atom. The highest BCUT2D eigenvalue weighted by atomic mass is 35.5. The molecule has 4 rings (SSSR count). The Bertz CT molecular complexity index is 1190. The number of aliphatic hydroxyl groups is 1. The molecule has 2 aliphatic rings. The van der Waals surface area contributed by atoms with Crippen LogP contribution >= 0.6 is 12.4 Å². The lowest BCUT2D eigenvalue weighted by molar-refractivity contribution is -0.165. The second-order valence-corrected chi connectivity index (χ2v) is 11.2. The number of aromatic carboxylic acids is 1. The molecule has 10 heteroatoms. The molecule has 2 amide bonds. The average molecular weight is 602 g/mol. The average Bonchev–Trinajstić information content (AvgIpc) is 2.98. The molecule has 2 atom stereocenters. The van der Waals surface area contributed by atoms with Gasteiger partial charge >= 0.3 is 5.97 Å². The number of likely N-dealkylation sites (tertiary alicyclic amines) is 1. The van der Waals surface area contributed by atoms with Crippen LogP contribution in [0.15, 0.2) is 48.5 Å². The van der Waals surface area contributed by atoms with Gasteiger partial charge in [0.25, 0.3) is 0 Å². The van der Waals surface area contributed by atoms with E-state index in [9.17, 15) is 19.5 Å². The summed E-state index contributed by atoms with van der Waals surface area (Å²) >= 11 is 0. The number of benzene rings is 2. The Morgan fingerprint density at radius 2 is 1.57 bits per heavy atom. The maximum absolute atomic E-state index is 13.7. The van der Waals surface area contributed by atoms with E-state index in [1.54, 1.807) is 17.0 Å². The monoisotopic (exact) mass is 601 g/mol. The van der Waals surface area contributed by atoms with E-state index in [0.717, 1.165) is 31.2 Å². The summed E-state index contributed by atoms with van der Waals surface area (Å²) in [4.78, 5) is 42.5.